The van der Waals surface area contributed by atoms with E-state index in [4.69, 9.17) is 10.2 Å². The highest BCUT2D eigenvalue weighted by Gasteiger charge is 2.24. The van der Waals surface area contributed by atoms with Crippen molar-refractivity contribution in [2.75, 3.05) is 18.5 Å². The molecule has 144 valence electrons. The van der Waals surface area contributed by atoms with Crippen LogP contribution in [0.4, 0.5) is 24.7 Å². The van der Waals surface area contributed by atoms with Crippen LogP contribution in [0.2, 0.25) is 0 Å². The third kappa shape index (κ3) is 4.97. The summed E-state index contributed by atoms with van der Waals surface area (Å²) in [5.74, 6) is -5.86. The van der Waals surface area contributed by atoms with Crippen molar-refractivity contribution >= 4 is 30.7 Å². The van der Waals surface area contributed by atoms with Gasteiger partial charge in [-0.05, 0) is 18.6 Å². The predicted octanol–water partition coefficient (Wildman–Crippen LogP) is -0.176. The molecular weight excluding hydrogens is 366 g/mol. The average Bonchev–Trinajstić information content (AvgIpc) is 2.63. The molecule has 4 N–H and O–H groups in total. The van der Waals surface area contributed by atoms with Gasteiger partial charge in [-0.15, -0.1) is 0 Å². The molecule has 1 amide bonds. The predicted molar refractivity (Wildman–Crippen MR) is 93.3 cm³/mol. The van der Waals surface area contributed by atoms with E-state index in [-0.39, 0.29) is 5.82 Å². The number of nitrogens with zero attached hydrogens (tertiary/aromatic N) is 1. The number of carbonyl (C=O) groups excluding carboxylic acids is 1. The number of nitrogens with one attached hydrogen (secondary N) is 2. The van der Waals surface area contributed by atoms with Gasteiger partial charge < -0.3 is 15.5 Å². The molecule has 1 atom stereocenters. The number of aliphatic hydroxyl groups excluding tert-OH is 2. The van der Waals surface area contributed by atoms with Gasteiger partial charge in [0.05, 0.1) is 17.9 Å². The Kier molecular flexibility index (Phi) is 6.78. The largest absolute Gasteiger partial charge is 0.394 e. The standard InChI is InChI=1S/C16H17BF3N3O4/c1-7-2-8(17)4-21-15(7)22-14-10(3-11(18)12(19)13(14)20)16(26)23-27-6-9(25)5-24/h2-4,9,24-25H,5-6,17H2,1H3,(H,21,22)(H,23,26)/t9-/m1/s1. The van der Waals surface area contributed by atoms with Gasteiger partial charge in [0.2, 0.25) is 0 Å². The summed E-state index contributed by atoms with van der Waals surface area (Å²) in [6.45, 7) is 0.593. The van der Waals surface area contributed by atoms with Crippen LogP contribution in [0.3, 0.4) is 0 Å². The lowest BCUT2D eigenvalue weighted by Crippen LogP contribution is -2.30. The number of halogens is 3. The van der Waals surface area contributed by atoms with Crippen molar-refractivity contribution in [1.29, 1.82) is 0 Å². The Morgan fingerprint density at radius 2 is 2.04 bits per heavy atom. The molecule has 0 radical (unpaired) electrons. The molecule has 0 saturated heterocycles. The Morgan fingerprint density at radius 3 is 2.67 bits per heavy atom. The van der Waals surface area contributed by atoms with Crippen LogP contribution in [0.25, 0.3) is 0 Å². The number of hydrogen-bond donors (Lipinski definition) is 4. The Morgan fingerprint density at radius 1 is 1.33 bits per heavy atom. The number of amides is 1. The molecule has 0 aliphatic rings. The number of hydrogen-bond acceptors (Lipinski definition) is 6. The van der Waals surface area contributed by atoms with Crippen molar-refractivity contribution < 1.29 is 33.0 Å². The van der Waals surface area contributed by atoms with E-state index in [1.807, 2.05) is 5.48 Å². The maximum atomic E-state index is 14.3. The van der Waals surface area contributed by atoms with Gasteiger partial charge in [-0.1, -0.05) is 11.5 Å². The molecule has 0 saturated carbocycles. The molecule has 0 aliphatic carbocycles. The van der Waals surface area contributed by atoms with Gasteiger partial charge in [-0.2, -0.15) is 0 Å². The SMILES string of the molecule is Bc1cnc(Nc2c(C(=O)NOC[C@H](O)CO)cc(F)c(F)c2F)c(C)c1. The molecule has 0 bridgehead atoms. The lowest BCUT2D eigenvalue weighted by Gasteiger charge is -2.15. The normalized spacial score (nSPS) is 11.9. The highest BCUT2D eigenvalue weighted by molar-refractivity contribution is 6.32. The highest BCUT2D eigenvalue weighted by Crippen LogP contribution is 2.28. The Hall–Kier alpha value is -2.63. The first-order chi connectivity index (χ1) is 12.7. The molecule has 0 fully saturated rings. The lowest BCUT2D eigenvalue weighted by molar-refractivity contribution is -0.0295. The third-order valence-corrected chi connectivity index (χ3v) is 3.52. The summed E-state index contributed by atoms with van der Waals surface area (Å²) in [4.78, 5) is 20.9. The molecule has 11 heteroatoms. The maximum Gasteiger partial charge on any atom is 0.277 e. The van der Waals surface area contributed by atoms with Crippen molar-refractivity contribution in [3.8, 4) is 0 Å². The summed E-state index contributed by atoms with van der Waals surface area (Å²) >= 11 is 0. The van der Waals surface area contributed by atoms with Crippen LogP contribution in [0.15, 0.2) is 18.3 Å². The second-order valence-electron chi connectivity index (χ2n) is 5.79. The zero-order valence-electron chi connectivity index (χ0n) is 14.5. The van der Waals surface area contributed by atoms with Crippen molar-refractivity contribution in [3.05, 3.63) is 46.9 Å². The first-order valence-electron chi connectivity index (χ1n) is 7.83. The molecule has 2 aromatic rings. The molecule has 1 aromatic heterocycles. The van der Waals surface area contributed by atoms with E-state index < -0.39 is 53.9 Å². The number of carbonyl (C=O) groups is 1. The minimum atomic E-state index is -1.75. The zero-order valence-corrected chi connectivity index (χ0v) is 14.5. The maximum absolute atomic E-state index is 14.3. The van der Waals surface area contributed by atoms with Crippen LogP contribution in [0, 0.1) is 24.4 Å². The summed E-state index contributed by atoms with van der Waals surface area (Å²) in [7, 11) is 1.79. The van der Waals surface area contributed by atoms with Crippen molar-refractivity contribution in [2.45, 2.75) is 13.0 Å². The van der Waals surface area contributed by atoms with Gasteiger partial charge in [0.15, 0.2) is 17.5 Å². The highest BCUT2D eigenvalue weighted by atomic mass is 19.2. The van der Waals surface area contributed by atoms with Crippen LogP contribution in [0.1, 0.15) is 15.9 Å². The topological polar surface area (TPSA) is 104 Å². The second-order valence-corrected chi connectivity index (χ2v) is 5.79. The molecule has 1 heterocycles. The fourth-order valence-electron chi connectivity index (χ4n) is 2.17. The molecule has 0 spiro atoms. The molecule has 7 nitrogen and oxygen atoms in total. The van der Waals surface area contributed by atoms with Crippen LogP contribution >= 0.6 is 0 Å². The molecule has 1 aromatic carbocycles. The van der Waals surface area contributed by atoms with Gasteiger partial charge in [-0.25, -0.2) is 23.6 Å². The number of pyridine rings is 1. The van der Waals surface area contributed by atoms with Crippen LogP contribution in [-0.2, 0) is 4.84 Å². The van der Waals surface area contributed by atoms with E-state index >= 15 is 0 Å². The van der Waals surface area contributed by atoms with Crippen LogP contribution in [-0.4, -0.2) is 48.3 Å². The zero-order chi connectivity index (χ0) is 20.1. The summed E-state index contributed by atoms with van der Waals surface area (Å²) in [5.41, 5.74) is 2.08. The quantitative estimate of drug-likeness (QED) is 0.301. The van der Waals surface area contributed by atoms with Gasteiger partial charge >= 0.3 is 0 Å². The van der Waals surface area contributed by atoms with E-state index in [1.54, 1.807) is 20.8 Å². The molecule has 27 heavy (non-hydrogen) atoms. The van der Waals surface area contributed by atoms with Gasteiger partial charge in [0.25, 0.3) is 5.91 Å². The minimum absolute atomic E-state index is 0.149. The van der Waals surface area contributed by atoms with Crippen molar-refractivity contribution in [1.82, 2.24) is 10.5 Å². The first kappa shape index (κ1) is 20.7. The average molecular weight is 383 g/mol. The van der Waals surface area contributed by atoms with E-state index in [2.05, 4.69) is 15.1 Å². The number of aromatic nitrogens is 1. The second kappa shape index (κ2) is 8.84. The molecular formula is C16H17BF3N3O4. The third-order valence-electron chi connectivity index (χ3n) is 3.52. The number of aryl methyl sites for hydroxylation is 1. The smallest absolute Gasteiger partial charge is 0.277 e. The number of aliphatic hydroxyl groups is 2. The summed E-state index contributed by atoms with van der Waals surface area (Å²) in [5, 5.41) is 20.3. The van der Waals surface area contributed by atoms with E-state index in [1.165, 1.54) is 6.20 Å². The van der Waals surface area contributed by atoms with Crippen molar-refractivity contribution in [3.63, 3.8) is 0 Å². The van der Waals surface area contributed by atoms with Crippen LogP contribution < -0.4 is 16.3 Å². The monoisotopic (exact) mass is 383 g/mol. The molecule has 2 rings (SSSR count). The molecule has 0 aliphatic heterocycles. The molecule has 0 unspecified atom stereocenters. The Balaban J connectivity index is 2.34. The van der Waals surface area contributed by atoms with Gasteiger partial charge in [0.1, 0.15) is 26.4 Å². The lowest BCUT2D eigenvalue weighted by atomic mass is 9.97. The summed E-state index contributed by atoms with van der Waals surface area (Å²) in [6, 6.07) is 2.23. The number of benzene rings is 1. The Bertz CT molecular complexity index is 854. The van der Waals surface area contributed by atoms with Crippen LogP contribution in [0.5, 0.6) is 0 Å². The fraction of sp³-hybridized carbons (Fsp3) is 0.250. The fourth-order valence-corrected chi connectivity index (χ4v) is 2.17. The van der Waals surface area contributed by atoms with Gasteiger partial charge in [0, 0.05) is 6.20 Å². The Labute approximate surface area is 153 Å². The number of rotatable bonds is 7. The number of hydroxylamine groups is 1. The minimum Gasteiger partial charge on any atom is -0.394 e. The summed E-state index contributed by atoms with van der Waals surface area (Å²) in [6.07, 6.45) is 0.218. The van der Waals surface area contributed by atoms with E-state index in [0.29, 0.717) is 11.6 Å². The van der Waals surface area contributed by atoms with E-state index in [0.717, 1.165) is 5.46 Å². The van der Waals surface area contributed by atoms with Gasteiger partial charge in [-0.3, -0.25) is 9.63 Å². The number of anilines is 2. The first-order valence-corrected chi connectivity index (χ1v) is 7.83. The van der Waals surface area contributed by atoms with Crippen molar-refractivity contribution in [2.24, 2.45) is 0 Å². The summed E-state index contributed by atoms with van der Waals surface area (Å²) < 4.78 is 41.6. The van der Waals surface area contributed by atoms with E-state index in [9.17, 15) is 18.0 Å².